The van der Waals surface area contributed by atoms with Gasteiger partial charge in [0.25, 0.3) is 0 Å². The SMILES string of the molecule is CCNC(COCCC(C)C)c1ccccc1OCC. The Labute approximate surface area is 123 Å². The van der Waals surface area contributed by atoms with Crippen LogP contribution in [0.5, 0.6) is 5.75 Å². The molecule has 1 aromatic rings. The van der Waals surface area contributed by atoms with Gasteiger partial charge in [0.05, 0.1) is 19.3 Å². The lowest BCUT2D eigenvalue weighted by atomic mass is 10.1. The molecule has 1 N–H and O–H groups in total. The summed E-state index contributed by atoms with van der Waals surface area (Å²) >= 11 is 0. The van der Waals surface area contributed by atoms with Crippen LogP contribution in [0.4, 0.5) is 0 Å². The van der Waals surface area contributed by atoms with Gasteiger partial charge in [-0.1, -0.05) is 39.0 Å². The highest BCUT2D eigenvalue weighted by molar-refractivity contribution is 5.36. The van der Waals surface area contributed by atoms with Gasteiger partial charge in [-0.3, -0.25) is 0 Å². The zero-order valence-electron chi connectivity index (χ0n) is 13.3. The molecule has 0 saturated heterocycles. The fourth-order valence-electron chi connectivity index (χ4n) is 2.08. The molecule has 0 fully saturated rings. The topological polar surface area (TPSA) is 30.5 Å². The van der Waals surface area contributed by atoms with Crippen LogP contribution in [0.2, 0.25) is 0 Å². The number of benzene rings is 1. The smallest absolute Gasteiger partial charge is 0.124 e. The Morgan fingerprint density at radius 2 is 1.90 bits per heavy atom. The van der Waals surface area contributed by atoms with E-state index in [0.717, 1.165) is 25.3 Å². The van der Waals surface area contributed by atoms with Gasteiger partial charge in [-0.2, -0.15) is 0 Å². The Balaban J connectivity index is 2.64. The van der Waals surface area contributed by atoms with Crippen molar-refractivity contribution >= 4 is 0 Å². The van der Waals surface area contributed by atoms with E-state index >= 15 is 0 Å². The maximum atomic E-state index is 5.83. The summed E-state index contributed by atoms with van der Waals surface area (Å²) in [5.41, 5.74) is 1.18. The summed E-state index contributed by atoms with van der Waals surface area (Å²) < 4.78 is 11.5. The molecule has 0 amide bonds. The van der Waals surface area contributed by atoms with E-state index in [1.54, 1.807) is 0 Å². The van der Waals surface area contributed by atoms with Crippen LogP contribution < -0.4 is 10.1 Å². The molecule has 0 heterocycles. The first-order chi connectivity index (χ1) is 9.69. The number of hydrogen-bond acceptors (Lipinski definition) is 3. The molecule has 0 aliphatic carbocycles. The third-order valence-corrected chi connectivity index (χ3v) is 3.17. The molecule has 0 radical (unpaired) electrons. The lowest BCUT2D eigenvalue weighted by Gasteiger charge is -2.21. The average Bonchev–Trinajstić information content (AvgIpc) is 2.43. The van der Waals surface area contributed by atoms with Crippen LogP contribution in [-0.4, -0.2) is 26.4 Å². The molecule has 0 aliphatic rings. The average molecular weight is 279 g/mol. The molecule has 1 aromatic carbocycles. The van der Waals surface area contributed by atoms with Crippen LogP contribution in [0.3, 0.4) is 0 Å². The van der Waals surface area contributed by atoms with E-state index in [4.69, 9.17) is 9.47 Å². The highest BCUT2D eigenvalue weighted by Gasteiger charge is 2.15. The van der Waals surface area contributed by atoms with Crippen molar-refractivity contribution in [3.63, 3.8) is 0 Å². The Kier molecular flexibility index (Phi) is 8.31. The van der Waals surface area contributed by atoms with Crippen LogP contribution in [-0.2, 0) is 4.74 Å². The van der Waals surface area contributed by atoms with Crippen molar-refractivity contribution in [1.29, 1.82) is 0 Å². The molecular weight excluding hydrogens is 250 g/mol. The molecule has 1 unspecified atom stereocenters. The molecule has 1 rings (SSSR count). The summed E-state index contributed by atoms with van der Waals surface area (Å²) in [5, 5.41) is 3.48. The van der Waals surface area contributed by atoms with Crippen molar-refractivity contribution in [3.05, 3.63) is 29.8 Å². The molecule has 0 bridgehead atoms. The molecule has 0 aromatic heterocycles. The highest BCUT2D eigenvalue weighted by atomic mass is 16.5. The van der Waals surface area contributed by atoms with Crippen LogP contribution >= 0.6 is 0 Å². The van der Waals surface area contributed by atoms with Crippen molar-refractivity contribution in [2.24, 2.45) is 5.92 Å². The Morgan fingerprint density at radius 3 is 2.55 bits per heavy atom. The lowest BCUT2D eigenvalue weighted by molar-refractivity contribution is 0.102. The fraction of sp³-hybridized carbons (Fsp3) is 0.647. The van der Waals surface area contributed by atoms with Gasteiger partial charge in [0.2, 0.25) is 0 Å². The number of ether oxygens (including phenoxy) is 2. The molecule has 0 aliphatic heterocycles. The van der Waals surface area contributed by atoms with E-state index in [-0.39, 0.29) is 6.04 Å². The normalized spacial score (nSPS) is 12.7. The molecule has 0 saturated carbocycles. The number of hydrogen-bond donors (Lipinski definition) is 1. The first-order valence-corrected chi connectivity index (χ1v) is 7.71. The van der Waals surface area contributed by atoms with Gasteiger partial charge in [-0.15, -0.1) is 0 Å². The minimum atomic E-state index is 0.190. The van der Waals surface area contributed by atoms with Crippen molar-refractivity contribution in [1.82, 2.24) is 5.32 Å². The van der Waals surface area contributed by atoms with Gasteiger partial charge in [0, 0.05) is 12.2 Å². The predicted octanol–water partition coefficient (Wildman–Crippen LogP) is 3.80. The minimum Gasteiger partial charge on any atom is -0.494 e. The second kappa shape index (κ2) is 9.78. The first kappa shape index (κ1) is 17.0. The zero-order chi connectivity index (χ0) is 14.8. The van der Waals surface area contributed by atoms with Crippen molar-refractivity contribution in [2.45, 2.75) is 40.2 Å². The molecule has 0 spiro atoms. The number of likely N-dealkylation sites (N-methyl/N-ethyl adjacent to an activating group) is 1. The summed E-state index contributed by atoms with van der Waals surface area (Å²) in [6, 6.07) is 8.39. The van der Waals surface area contributed by atoms with Crippen LogP contribution in [0.25, 0.3) is 0 Å². The quantitative estimate of drug-likeness (QED) is 0.661. The van der Waals surface area contributed by atoms with Gasteiger partial charge in [-0.05, 0) is 31.9 Å². The van der Waals surface area contributed by atoms with E-state index in [0.29, 0.717) is 19.1 Å². The van der Waals surface area contributed by atoms with Gasteiger partial charge in [0.1, 0.15) is 5.75 Å². The van der Waals surface area contributed by atoms with Crippen LogP contribution in [0.1, 0.15) is 45.7 Å². The maximum Gasteiger partial charge on any atom is 0.124 e. The number of nitrogens with one attached hydrogen (secondary N) is 1. The predicted molar refractivity (Wildman–Crippen MR) is 84.3 cm³/mol. The largest absolute Gasteiger partial charge is 0.494 e. The molecule has 114 valence electrons. The monoisotopic (exact) mass is 279 g/mol. The van der Waals surface area contributed by atoms with Crippen molar-refractivity contribution in [3.8, 4) is 5.75 Å². The minimum absolute atomic E-state index is 0.190. The second-order valence-electron chi connectivity index (χ2n) is 5.34. The van der Waals surface area contributed by atoms with Gasteiger partial charge < -0.3 is 14.8 Å². The first-order valence-electron chi connectivity index (χ1n) is 7.71. The molecule has 3 nitrogen and oxygen atoms in total. The Morgan fingerprint density at radius 1 is 1.15 bits per heavy atom. The van der Waals surface area contributed by atoms with E-state index in [1.165, 1.54) is 5.56 Å². The van der Waals surface area contributed by atoms with E-state index in [2.05, 4.69) is 38.2 Å². The van der Waals surface area contributed by atoms with Crippen molar-refractivity contribution < 1.29 is 9.47 Å². The van der Waals surface area contributed by atoms with E-state index in [9.17, 15) is 0 Å². The molecule has 1 atom stereocenters. The van der Waals surface area contributed by atoms with Gasteiger partial charge in [-0.25, -0.2) is 0 Å². The standard InChI is InChI=1S/C17H29NO2/c1-5-18-16(13-19-12-11-14(3)4)15-9-7-8-10-17(15)20-6-2/h7-10,14,16,18H,5-6,11-13H2,1-4H3. The van der Waals surface area contributed by atoms with E-state index < -0.39 is 0 Å². The number of para-hydroxylation sites is 1. The van der Waals surface area contributed by atoms with Crippen molar-refractivity contribution in [2.75, 3.05) is 26.4 Å². The van der Waals surface area contributed by atoms with Crippen LogP contribution in [0, 0.1) is 5.92 Å². The lowest BCUT2D eigenvalue weighted by Crippen LogP contribution is -2.26. The molecular formula is C17H29NO2. The summed E-state index contributed by atoms with van der Waals surface area (Å²) in [6.45, 7) is 11.7. The van der Waals surface area contributed by atoms with Crippen LogP contribution in [0.15, 0.2) is 24.3 Å². The van der Waals surface area contributed by atoms with Gasteiger partial charge >= 0.3 is 0 Å². The zero-order valence-corrected chi connectivity index (χ0v) is 13.3. The fourth-order valence-corrected chi connectivity index (χ4v) is 2.08. The summed E-state index contributed by atoms with van der Waals surface area (Å²) in [7, 11) is 0. The summed E-state index contributed by atoms with van der Waals surface area (Å²) in [5.74, 6) is 1.64. The molecule has 20 heavy (non-hydrogen) atoms. The molecule has 3 heteroatoms. The van der Waals surface area contributed by atoms with E-state index in [1.807, 2.05) is 19.1 Å². The Hall–Kier alpha value is -1.06. The second-order valence-corrected chi connectivity index (χ2v) is 5.34. The number of rotatable bonds is 10. The van der Waals surface area contributed by atoms with Gasteiger partial charge in [0.15, 0.2) is 0 Å². The highest BCUT2D eigenvalue weighted by Crippen LogP contribution is 2.25. The maximum absolute atomic E-state index is 5.83. The summed E-state index contributed by atoms with van der Waals surface area (Å²) in [4.78, 5) is 0. The third kappa shape index (κ3) is 5.93. The third-order valence-electron chi connectivity index (χ3n) is 3.17. The Bertz CT molecular complexity index is 366. The summed E-state index contributed by atoms with van der Waals surface area (Å²) in [6.07, 6.45) is 1.10.